The van der Waals surface area contributed by atoms with Crippen molar-refractivity contribution in [3.63, 3.8) is 0 Å². The number of hydrogen-bond acceptors (Lipinski definition) is 24. The number of unbranched alkanes of at least 4 members (excludes halogenated alkanes) is 1. The maximum Gasteiger partial charge on any atom is 0.351 e. The zero-order valence-electron chi connectivity index (χ0n) is 47.9. The first-order valence-electron chi connectivity index (χ1n) is 27.1. The van der Waals surface area contributed by atoms with Crippen LogP contribution in [0.25, 0.3) is 0 Å². The predicted molar refractivity (Wildman–Crippen MR) is 315 cm³/mol. The fourth-order valence-corrected chi connectivity index (χ4v) is 9.64. The number of carboxylic acid groups (broad SMARTS) is 1. The quantitative estimate of drug-likeness (QED) is 0.0210. The van der Waals surface area contributed by atoms with Gasteiger partial charge in [-0.1, -0.05) is 24.3 Å². The van der Waals surface area contributed by atoms with Crippen LogP contribution in [0.3, 0.4) is 0 Å². The molecular weight excluding hydrogens is 1220 g/mol. The fourth-order valence-electron chi connectivity index (χ4n) is 8.15. The van der Waals surface area contributed by atoms with Gasteiger partial charge in [0.15, 0.2) is 5.57 Å². The third-order valence-corrected chi connectivity index (χ3v) is 14.4. The lowest BCUT2D eigenvalue weighted by Crippen LogP contribution is -2.61. The minimum atomic E-state index is -1.96. The number of ether oxygens (including phenoxy) is 2. The van der Waals surface area contributed by atoms with Crippen LogP contribution in [0.4, 0.5) is 0 Å². The number of cyclic esters (lactones) is 2. The number of hydrogen-bond donors (Lipinski definition) is 19. The zero-order valence-corrected chi connectivity index (χ0v) is 50.5. The van der Waals surface area contributed by atoms with Gasteiger partial charge < -0.3 is 93.9 Å². The minimum Gasteiger partial charge on any atom is -0.508 e. The molecule has 10 atom stereocenters. The number of phenolic OH excluding ortho intramolecular Hbond substituents is 2. The van der Waals surface area contributed by atoms with Crippen molar-refractivity contribution in [2.75, 3.05) is 31.1 Å². The van der Waals surface area contributed by atoms with Crippen LogP contribution in [-0.4, -0.2) is 200 Å². The summed E-state index contributed by atoms with van der Waals surface area (Å²) < 4.78 is 13.0. The summed E-state index contributed by atoms with van der Waals surface area (Å²) in [6.07, 6.45) is -4.99. The van der Waals surface area contributed by atoms with Crippen LogP contribution in [0.1, 0.15) is 64.5 Å². The summed E-state index contributed by atoms with van der Waals surface area (Å²) in [5.41, 5.74) is 5.42. The van der Waals surface area contributed by atoms with Crippen molar-refractivity contribution in [1.82, 2.24) is 57.9 Å². The summed E-state index contributed by atoms with van der Waals surface area (Å²) in [4.78, 5) is 178. The Bertz CT molecular complexity index is 2910. The Morgan fingerprint density at radius 1 is 0.580 bits per heavy atom. The molecule has 10 amide bonds. The van der Waals surface area contributed by atoms with Crippen LogP contribution < -0.4 is 63.6 Å². The van der Waals surface area contributed by atoms with Gasteiger partial charge in [-0.3, -0.25) is 52.7 Å². The second-order valence-electron chi connectivity index (χ2n) is 20.4. The van der Waals surface area contributed by atoms with Crippen LogP contribution in [-0.2, 0) is 84.6 Å². The van der Waals surface area contributed by atoms with Crippen LogP contribution >= 0.6 is 37.2 Å². The van der Waals surface area contributed by atoms with Gasteiger partial charge in [-0.2, -0.15) is 25.3 Å². The molecular formula is C53H72N12O20S3. The number of carbonyl (C=O) groups excluding carboxylic acids is 12. The van der Waals surface area contributed by atoms with Crippen molar-refractivity contribution >= 4 is 114 Å². The lowest BCUT2D eigenvalue weighted by molar-refractivity contribution is -0.222. The second-order valence-corrected chi connectivity index (χ2v) is 22.0. The molecule has 18 N–H and O–H groups in total. The van der Waals surface area contributed by atoms with Crippen LogP contribution in [0.2, 0.25) is 0 Å². The highest BCUT2D eigenvalue weighted by Gasteiger charge is 2.43. The summed E-state index contributed by atoms with van der Waals surface area (Å²) >= 11 is 8.47. The lowest BCUT2D eigenvalue weighted by Gasteiger charge is -2.31. The highest BCUT2D eigenvalue weighted by molar-refractivity contribution is 8.01. The zero-order chi connectivity index (χ0) is 65.6. The van der Waals surface area contributed by atoms with Crippen molar-refractivity contribution in [2.24, 2.45) is 5.73 Å². The molecule has 2 heterocycles. The van der Waals surface area contributed by atoms with E-state index in [0.29, 0.717) is 11.1 Å². The van der Waals surface area contributed by atoms with Crippen molar-refractivity contribution in [2.45, 2.75) is 133 Å². The Morgan fingerprint density at radius 2 is 1.01 bits per heavy atom. The monoisotopic (exact) mass is 1290 g/mol. The summed E-state index contributed by atoms with van der Waals surface area (Å²) in [5.74, 6) is -18.8. The van der Waals surface area contributed by atoms with Crippen LogP contribution in [0.15, 0.2) is 59.1 Å². The molecule has 32 nitrogen and oxygen atoms in total. The van der Waals surface area contributed by atoms with Crippen LogP contribution in [0.5, 0.6) is 11.5 Å². The summed E-state index contributed by atoms with van der Waals surface area (Å²) in [6.45, 7) is 2.95. The van der Waals surface area contributed by atoms with Crippen molar-refractivity contribution < 1.29 is 97.3 Å². The number of aliphatic hydroxyl groups is 2. The molecule has 35 heteroatoms. The molecule has 0 aliphatic carbocycles. The lowest BCUT2D eigenvalue weighted by atomic mass is 10.0. The Labute approximate surface area is 518 Å². The van der Waals surface area contributed by atoms with Gasteiger partial charge in [-0.15, -0.1) is 0 Å². The molecule has 2 aromatic rings. The number of aliphatic carboxylic acids is 1. The van der Waals surface area contributed by atoms with Gasteiger partial charge >= 0.3 is 17.9 Å². The number of carbonyl (C=O) groups is 13. The maximum atomic E-state index is 14.3. The number of nitrogens with two attached hydrogens (primary N) is 1. The van der Waals surface area contributed by atoms with E-state index < -0.39 is 185 Å². The molecule has 0 saturated carbocycles. The standard InChI is InChI=1S/C53H72N12O20S3/c1-24(66)40-49(81)61-31(17-26-8-12-28(68)13-9-26)42(74)55-20-37(71)58-34(22-86)46(78)60-33(19-38(72)73)44(76)62-35(23-87)47(79)59-30(7-5-6-16-54)43(75)64-50(39-51(82)84-53(3,4)85-52(39)83)88-65-41(25(2)67)48(80)56-21-36(70)57-32(45(77)63-40)18-27-10-14-29(69)15-11-27/h8-15,24-25,30-35,40-41,65-69,86-87H,5-7,16-23,54H2,1-4H3,(H,55,74)(H,56,80)(H,57,70)(H,58,71)(H,59,79)(H,60,78)(H,61,81)(H,62,76)(H,63,77)(H,64,75)(H,72,73)/t24-,25-,30+,31+,32+,33+,34+,35?,40?,41+/m1/s1. The van der Waals surface area contributed by atoms with Crippen molar-refractivity contribution in [3.8, 4) is 11.5 Å². The van der Waals surface area contributed by atoms with E-state index in [1.165, 1.54) is 62.4 Å². The minimum absolute atomic E-state index is 0.110. The predicted octanol–water partition coefficient (Wildman–Crippen LogP) is -5.48. The van der Waals surface area contributed by atoms with Gasteiger partial charge in [0.1, 0.15) is 64.9 Å². The average Bonchev–Trinajstić information content (AvgIpc) is 1.91. The van der Waals surface area contributed by atoms with Crippen LogP contribution in [0, 0.1) is 0 Å². The largest absolute Gasteiger partial charge is 0.508 e. The number of benzene rings is 2. The number of thiol groups is 2. The van der Waals surface area contributed by atoms with Gasteiger partial charge in [0.2, 0.25) is 59.1 Å². The molecule has 88 heavy (non-hydrogen) atoms. The van der Waals surface area contributed by atoms with Crippen molar-refractivity contribution in [1.29, 1.82) is 0 Å². The van der Waals surface area contributed by atoms with Gasteiger partial charge in [0.05, 0.1) is 31.7 Å². The highest BCUT2D eigenvalue weighted by Crippen LogP contribution is 2.28. The Hall–Kier alpha value is -8.22. The number of rotatable bonds is 14. The van der Waals surface area contributed by atoms with E-state index in [9.17, 15) is 87.9 Å². The molecule has 0 bridgehead atoms. The number of aliphatic hydroxyl groups excluding tert-OH is 2. The number of phenols is 2. The third-order valence-electron chi connectivity index (χ3n) is 12.8. The SMILES string of the molecule is C[C@@H](O)C1NC(=O)[C@H](Cc2ccc(O)cc2)NC(=O)CNC(=O)[C@H]([C@@H](C)O)NSC(=C2C(=O)OC(C)(C)OC2=O)NC(=O)[C@H](CCCCN)NC(=O)C(CS)NC(=O)[C@H](CC(=O)O)NC(=O)[C@H](CS)NC(=O)CNC(=O)[C@H](Cc2ccc(O)cc2)NC1=O. The number of aromatic hydroxyl groups is 2. The molecule has 2 aromatic carbocycles. The number of carboxylic acids is 1. The summed E-state index contributed by atoms with van der Waals surface area (Å²) in [5, 5.41) is 73.9. The molecule has 0 radical (unpaired) electrons. The van der Waals surface area contributed by atoms with E-state index in [-0.39, 0.29) is 62.1 Å². The van der Waals surface area contributed by atoms with Gasteiger partial charge in [-0.25, -0.2) is 14.3 Å². The second kappa shape index (κ2) is 34.4. The smallest absolute Gasteiger partial charge is 0.351 e. The van der Waals surface area contributed by atoms with E-state index in [4.69, 9.17) is 15.2 Å². The molecule has 0 spiro atoms. The molecule has 0 aromatic heterocycles. The molecule has 2 saturated heterocycles. The first-order chi connectivity index (χ1) is 41.4. The topological polar surface area (TPSA) is 500 Å². The summed E-state index contributed by atoms with van der Waals surface area (Å²) in [6, 6.07) is -3.17. The highest BCUT2D eigenvalue weighted by atomic mass is 32.2. The van der Waals surface area contributed by atoms with Crippen molar-refractivity contribution in [3.05, 3.63) is 70.3 Å². The van der Waals surface area contributed by atoms with E-state index in [2.05, 4.69) is 83.1 Å². The Balaban J connectivity index is 1.81. The molecule has 2 aliphatic heterocycles. The first-order valence-corrected chi connectivity index (χ1v) is 29.2. The summed E-state index contributed by atoms with van der Waals surface area (Å²) in [7, 11) is 0. The third kappa shape index (κ3) is 22.8. The molecule has 482 valence electrons. The van der Waals surface area contributed by atoms with E-state index in [1.807, 2.05) is 0 Å². The fraction of sp³-hybridized carbons (Fsp3) is 0.491. The van der Waals surface area contributed by atoms with Gasteiger partial charge in [0, 0.05) is 38.2 Å². The van der Waals surface area contributed by atoms with E-state index in [1.54, 1.807) is 0 Å². The molecule has 2 unspecified atom stereocenters. The maximum absolute atomic E-state index is 14.3. The molecule has 2 aliphatic rings. The molecule has 2 fully saturated rings. The number of esters is 2. The molecule has 4 rings (SSSR count). The Morgan fingerprint density at radius 3 is 1.50 bits per heavy atom. The van der Waals surface area contributed by atoms with E-state index in [0.717, 1.165) is 13.8 Å². The average molecular weight is 1290 g/mol. The normalized spacial score (nSPS) is 24.8. The van der Waals surface area contributed by atoms with Gasteiger partial charge in [0.25, 0.3) is 5.79 Å². The Kier molecular flexibility index (Phi) is 28.2. The first kappa shape index (κ1) is 72.3. The number of amides is 10. The number of nitrogens with one attached hydrogen (secondary N) is 11. The van der Waals surface area contributed by atoms with E-state index >= 15 is 0 Å². The van der Waals surface area contributed by atoms with Gasteiger partial charge in [-0.05, 0) is 87.0 Å².